The number of nitrogens with zero attached hydrogens (tertiary/aromatic N) is 2. The molecule has 0 spiro atoms. The number of methoxy groups -OCH3 is 2. The van der Waals surface area contributed by atoms with Gasteiger partial charge in [-0.05, 0) is 44.0 Å². The first-order chi connectivity index (χ1) is 12.0. The maximum absolute atomic E-state index is 12.0. The first-order valence-corrected chi connectivity index (χ1v) is 8.13. The highest BCUT2D eigenvalue weighted by molar-refractivity contribution is 5.92. The molecule has 0 saturated carbocycles. The van der Waals surface area contributed by atoms with E-state index in [1.165, 1.54) is 0 Å². The normalized spacial score (nSPS) is 10.9. The van der Waals surface area contributed by atoms with Crippen molar-refractivity contribution in [1.82, 2.24) is 15.1 Å². The van der Waals surface area contributed by atoms with Crippen molar-refractivity contribution in [3.63, 3.8) is 0 Å². The second-order valence-corrected chi connectivity index (χ2v) is 5.77. The van der Waals surface area contributed by atoms with Crippen LogP contribution in [-0.4, -0.2) is 36.5 Å². The summed E-state index contributed by atoms with van der Waals surface area (Å²) in [7, 11) is 5.11. The van der Waals surface area contributed by atoms with E-state index in [-0.39, 0.29) is 5.91 Å². The van der Waals surface area contributed by atoms with Crippen LogP contribution in [0.1, 0.15) is 22.5 Å². The van der Waals surface area contributed by atoms with Crippen LogP contribution in [0.3, 0.4) is 0 Å². The molecule has 0 radical (unpaired) electrons. The Hall–Kier alpha value is -2.76. The van der Waals surface area contributed by atoms with Gasteiger partial charge in [0.15, 0.2) is 11.5 Å². The minimum absolute atomic E-state index is 0.122. The van der Waals surface area contributed by atoms with Gasteiger partial charge in [-0.2, -0.15) is 5.10 Å². The monoisotopic (exact) mass is 343 g/mol. The summed E-state index contributed by atoms with van der Waals surface area (Å²) in [6.45, 7) is 4.46. The van der Waals surface area contributed by atoms with Gasteiger partial charge < -0.3 is 14.8 Å². The molecule has 0 aliphatic rings. The lowest BCUT2D eigenvalue weighted by molar-refractivity contribution is -0.116. The van der Waals surface area contributed by atoms with E-state index in [1.54, 1.807) is 20.3 Å². The molecule has 1 aromatic heterocycles. The highest BCUT2D eigenvalue weighted by Gasteiger charge is 2.07. The predicted molar refractivity (Wildman–Crippen MR) is 98.0 cm³/mol. The number of carbonyl (C=O) groups is 1. The fourth-order valence-electron chi connectivity index (χ4n) is 2.62. The number of nitrogens with one attached hydrogen (secondary N) is 1. The summed E-state index contributed by atoms with van der Waals surface area (Å²) in [4.78, 5) is 12.0. The van der Waals surface area contributed by atoms with Gasteiger partial charge in [-0.15, -0.1) is 0 Å². The first-order valence-electron chi connectivity index (χ1n) is 8.13. The number of hydrogen-bond donors (Lipinski definition) is 1. The number of benzene rings is 1. The summed E-state index contributed by atoms with van der Waals surface area (Å²) in [5.74, 6) is 1.26. The van der Waals surface area contributed by atoms with Crippen LogP contribution in [0.4, 0.5) is 0 Å². The van der Waals surface area contributed by atoms with Crippen LogP contribution in [-0.2, 0) is 18.3 Å². The largest absolute Gasteiger partial charge is 0.493 e. The highest BCUT2D eigenvalue weighted by Crippen LogP contribution is 2.27. The summed E-state index contributed by atoms with van der Waals surface area (Å²) >= 11 is 0. The quantitative estimate of drug-likeness (QED) is 0.784. The third-order valence-electron chi connectivity index (χ3n) is 4.13. The number of aromatic nitrogens is 2. The summed E-state index contributed by atoms with van der Waals surface area (Å²) in [5, 5.41) is 7.22. The molecular weight excluding hydrogens is 318 g/mol. The molecule has 0 bridgehead atoms. The highest BCUT2D eigenvalue weighted by atomic mass is 16.5. The van der Waals surface area contributed by atoms with Gasteiger partial charge in [0, 0.05) is 30.9 Å². The van der Waals surface area contributed by atoms with Crippen LogP contribution < -0.4 is 14.8 Å². The average molecular weight is 343 g/mol. The van der Waals surface area contributed by atoms with E-state index < -0.39 is 0 Å². The molecule has 0 saturated heterocycles. The van der Waals surface area contributed by atoms with Crippen LogP contribution in [0.2, 0.25) is 0 Å². The van der Waals surface area contributed by atoms with Gasteiger partial charge >= 0.3 is 0 Å². The molecule has 2 rings (SSSR count). The smallest absolute Gasteiger partial charge is 0.244 e. The Balaban J connectivity index is 1.89. The molecule has 0 unspecified atom stereocenters. The third kappa shape index (κ3) is 4.62. The van der Waals surface area contributed by atoms with E-state index in [2.05, 4.69) is 10.4 Å². The summed E-state index contributed by atoms with van der Waals surface area (Å²) in [5.41, 5.74) is 4.00. The molecule has 2 aromatic rings. The Labute approximate surface area is 148 Å². The zero-order chi connectivity index (χ0) is 18.4. The van der Waals surface area contributed by atoms with Crippen LogP contribution >= 0.6 is 0 Å². The van der Waals surface area contributed by atoms with Crippen molar-refractivity contribution in [3.8, 4) is 11.5 Å². The van der Waals surface area contributed by atoms with Crippen LogP contribution in [0.5, 0.6) is 11.5 Å². The number of amides is 1. The maximum atomic E-state index is 12.0. The van der Waals surface area contributed by atoms with Crippen LogP contribution in [0, 0.1) is 13.8 Å². The SMILES string of the molecule is COc1ccc(CCNC(=O)/C=C/c2c(C)nn(C)c2C)cc1OC. The zero-order valence-corrected chi connectivity index (χ0v) is 15.4. The van der Waals surface area contributed by atoms with Gasteiger partial charge in [0.25, 0.3) is 0 Å². The Morgan fingerprint density at radius 3 is 2.56 bits per heavy atom. The van der Waals surface area contributed by atoms with Gasteiger partial charge in [-0.1, -0.05) is 6.07 Å². The van der Waals surface area contributed by atoms with Crippen LogP contribution in [0.15, 0.2) is 24.3 Å². The lowest BCUT2D eigenvalue weighted by atomic mass is 10.1. The number of hydrogen-bond acceptors (Lipinski definition) is 4. The van der Waals surface area contributed by atoms with Crippen molar-refractivity contribution in [2.24, 2.45) is 7.05 Å². The Morgan fingerprint density at radius 1 is 1.24 bits per heavy atom. The molecular formula is C19H25N3O3. The molecule has 0 atom stereocenters. The molecule has 1 N–H and O–H groups in total. The van der Waals surface area contributed by atoms with Gasteiger partial charge in [0.05, 0.1) is 19.9 Å². The molecule has 0 fully saturated rings. The Kier molecular flexibility index (Phi) is 6.22. The van der Waals surface area contributed by atoms with E-state index in [0.29, 0.717) is 24.5 Å². The van der Waals surface area contributed by atoms with E-state index in [9.17, 15) is 4.79 Å². The standard InChI is InChI=1S/C19H25N3O3/c1-13-16(14(2)22(3)21-13)7-9-19(23)20-11-10-15-6-8-17(24-4)18(12-15)25-5/h6-9,12H,10-11H2,1-5H3,(H,20,23)/b9-7+. The number of ether oxygens (including phenoxy) is 2. The molecule has 0 aliphatic heterocycles. The van der Waals surface area contributed by atoms with Gasteiger partial charge in [0.1, 0.15) is 0 Å². The molecule has 1 amide bonds. The summed E-state index contributed by atoms with van der Waals surface area (Å²) in [6, 6.07) is 5.75. The zero-order valence-electron chi connectivity index (χ0n) is 15.4. The van der Waals surface area contributed by atoms with Gasteiger partial charge in [0.2, 0.25) is 5.91 Å². The lowest BCUT2D eigenvalue weighted by Gasteiger charge is -2.09. The molecule has 1 aromatic carbocycles. The molecule has 134 valence electrons. The maximum Gasteiger partial charge on any atom is 0.244 e. The van der Waals surface area contributed by atoms with Crippen molar-refractivity contribution in [2.75, 3.05) is 20.8 Å². The second-order valence-electron chi connectivity index (χ2n) is 5.77. The topological polar surface area (TPSA) is 65.4 Å². The minimum Gasteiger partial charge on any atom is -0.493 e. The molecule has 25 heavy (non-hydrogen) atoms. The first kappa shape index (κ1) is 18.6. The van der Waals surface area contributed by atoms with Crippen molar-refractivity contribution in [2.45, 2.75) is 20.3 Å². The fourth-order valence-corrected chi connectivity index (χ4v) is 2.62. The van der Waals surface area contributed by atoms with E-state index in [1.807, 2.05) is 49.9 Å². The number of carbonyl (C=O) groups excluding carboxylic acids is 1. The predicted octanol–water partition coefficient (Wildman–Crippen LogP) is 2.43. The number of rotatable bonds is 7. The van der Waals surface area contributed by atoms with Gasteiger partial charge in [-0.3, -0.25) is 9.48 Å². The average Bonchev–Trinajstić information content (AvgIpc) is 2.85. The van der Waals surface area contributed by atoms with E-state index in [0.717, 1.165) is 22.5 Å². The van der Waals surface area contributed by atoms with E-state index in [4.69, 9.17) is 9.47 Å². The Bertz CT molecular complexity index is 778. The molecule has 6 nitrogen and oxygen atoms in total. The lowest BCUT2D eigenvalue weighted by Crippen LogP contribution is -2.23. The van der Waals surface area contributed by atoms with Crippen LogP contribution in [0.25, 0.3) is 6.08 Å². The van der Waals surface area contributed by atoms with Crippen molar-refractivity contribution in [3.05, 3.63) is 46.8 Å². The third-order valence-corrected chi connectivity index (χ3v) is 4.13. The fraction of sp³-hybridized carbons (Fsp3) is 0.368. The summed E-state index contributed by atoms with van der Waals surface area (Å²) < 4.78 is 12.3. The van der Waals surface area contributed by atoms with Gasteiger partial charge in [-0.25, -0.2) is 0 Å². The summed E-state index contributed by atoms with van der Waals surface area (Å²) in [6.07, 6.45) is 4.07. The van der Waals surface area contributed by atoms with Crippen molar-refractivity contribution >= 4 is 12.0 Å². The second kappa shape index (κ2) is 8.37. The van der Waals surface area contributed by atoms with E-state index >= 15 is 0 Å². The van der Waals surface area contributed by atoms with Crippen molar-refractivity contribution in [1.29, 1.82) is 0 Å². The molecule has 6 heteroatoms. The molecule has 1 heterocycles. The minimum atomic E-state index is -0.122. The Morgan fingerprint density at radius 2 is 1.96 bits per heavy atom. The van der Waals surface area contributed by atoms with Crippen molar-refractivity contribution < 1.29 is 14.3 Å². The molecule has 0 aliphatic carbocycles. The number of aryl methyl sites for hydroxylation is 2.